The molecule has 3 saturated heterocycles. The fourth-order valence-corrected chi connectivity index (χ4v) is 4.97. The van der Waals surface area contributed by atoms with E-state index in [1.54, 1.807) is 0 Å². The summed E-state index contributed by atoms with van der Waals surface area (Å²) >= 11 is 0. The summed E-state index contributed by atoms with van der Waals surface area (Å²) in [6, 6.07) is 8.13. The fraction of sp³-hybridized carbons (Fsp3) is 0.640. The normalized spacial score (nSPS) is 24.0. The van der Waals surface area contributed by atoms with Gasteiger partial charge in [0.1, 0.15) is 5.60 Å². The SMILES string of the molecule is CC(C)(C)OC(=O)CN1CCC2(CC1)CN(c1ccc([C@H]3CCC(=O)NC3=O)cc1)CCO2. The molecule has 1 aromatic rings. The Morgan fingerprint density at radius 3 is 2.48 bits per heavy atom. The molecule has 4 rings (SSSR count). The van der Waals surface area contributed by atoms with Crippen LogP contribution in [0.2, 0.25) is 0 Å². The van der Waals surface area contributed by atoms with E-state index in [2.05, 4.69) is 27.2 Å². The van der Waals surface area contributed by atoms with Crippen molar-refractivity contribution in [2.45, 2.75) is 63.6 Å². The highest BCUT2D eigenvalue weighted by Crippen LogP contribution is 2.33. The van der Waals surface area contributed by atoms with Crippen LogP contribution in [-0.4, -0.2) is 73.2 Å². The van der Waals surface area contributed by atoms with Crippen molar-refractivity contribution in [2.24, 2.45) is 0 Å². The Morgan fingerprint density at radius 1 is 1.15 bits per heavy atom. The molecule has 1 N–H and O–H groups in total. The molecule has 0 bridgehead atoms. The number of hydrogen-bond acceptors (Lipinski definition) is 7. The highest BCUT2D eigenvalue weighted by molar-refractivity contribution is 6.00. The van der Waals surface area contributed by atoms with Gasteiger partial charge in [-0.05, 0) is 57.7 Å². The summed E-state index contributed by atoms with van der Waals surface area (Å²) in [6.07, 6.45) is 2.70. The minimum absolute atomic E-state index is 0.180. The summed E-state index contributed by atoms with van der Waals surface area (Å²) in [5.74, 6) is -0.839. The lowest BCUT2D eigenvalue weighted by atomic mass is 9.88. The summed E-state index contributed by atoms with van der Waals surface area (Å²) in [5, 5.41) is 2.43. The van der Waals surface area contributed by atoms with Gasteiger partial charge in [0.2, 0.25) is 11.8 Å². The molecule has 1 aromatic carbocycles. The van der Waals surface area contributed by atoms with Crippen molar-refractivity contribution in [3.63, 3.8) is 0 Å². The number of morpholine rings is 1. The molecule has 180 valence electrons. The van der Waals surface area contributed by atoms with Crippen LogP contribution in [0.25, 0.3) is 0 Å². The average Bonchev–Trinajstić information content (AvgIpc) is 2.75. The van der Waals surface area contributed by atoms with Gasteiger partial charge >= 0.3 is 5.97 Å². The molecule has 3 fully saturated rings. The molecule has 0 aliphatic carbocycles. The molecular formula is C25H35N3O5. The fourth-order valence-electron chi connectivity index (χ4n) is 4.97. The lowest BCUT2D eigenvalue weighted by Crippen LogP contribution is -2.57. The second-order valence-corrected chi connectivity index (χ2v) is 10.4. The Bertz CT molecular complexity index is 884. The maximum atomic E-state index is 12.2. The predicted molar refractivity (Wildman–Crippen MR) is 124 cm³/mol. The topological polar surface area (TPSA) is 88.2 Å². The summed E-state index contributed by atoms with van der Waals surface area (Å²) in [4.78, 5) is 40.2. The Morgan fingerprint density at radius 2 is 1.85 bits per heavy atom. The number of rotatable bonds is 4. The molecule has 0 saturated carbocycles. The molecule has 1 atom stereocenters. The van der Waals surface area contributed by atoms with Gasteiger partial charge in [-0.1, -0.05) is 12.1 Å². The van der Waals surface area contributed by atoms with E-state index in [9.17, 15) is 14.4 Å². The summed E-state index contributed by atoms with van der Waals surface area (Å²) in [5.41, 5.74) is 1.40. The Kier molecular flexibility index (Phi) is 6.77. The summed E-state index contributed by atoms with van der Waals surface area (Å²) in [7, 11) is 0. The van der Waals surface area contributed by atoms with Gasteiger partial charge in [0.15, 0.2) is 0 Å². The van der Waals surface area contributed by atoms with E-state index in [0.717, 1.165) is 50.3 Å². The number of likely N-dealkylation sites (tertiary alicyclic amines) is 1. The van der Waals surface area contributed by atoms with Crippen molar-refractivity contribution >= 4 is 23.5 Å². The predicted octanol–water partition coefficient (Wildman–Crippen LogP) is 2.22. The van der Waals surface area contributed by atoms with Gasteiger partial charge in [0.25, 0.3) is 0 Å². The van der Waals surface area contributed by atoms with Crippen LogP contribution in [0.3, 0.4) is 0 Å². The van der Waals surface area contributed by atoms with E-state index in [-0.39, 0.29) is 29.3 Å². The van der Waals surface area contributed by atoms with E-state index in [0.29, 0.717) is 26.0 Å². The van der Waals surface area contributed by atoms with Crippen LogP contribution in [0.15, 0.2) is 24.3 Å². The van der Waals surface area contributed by atoms with Gasteiger partial charge in [0, 0.05) is 38.3 Å². The average molecular weight is 458 g/mol. The molecule has 8 nitrogen and oxygen atoms in total. The van der Waals surface area contributed by atoms with Crippen LogP contribution < -0.4 is 10.2 Å². The standard InChI is InChI=1S/C25H35N3O5/c1-24(2,3)33-22(30)16-27-12-10-25(11-13-27)17-28(14-15-32-25)19-6-4-18(5-7-19)20-8-9-21(29)26-23(20)31/h4-7,20H,8-17H2,1-3H3,(H,26,29,31)/t20-/m1/s1. The van der Waals surface area contributed by atoms with Gasteiger partial charge in [-0.2, -0.15) is 0 Å². The molecule has 1 spiro atoms. The lowest BCUT2D eigenvalue weighted by Gasteiger charge is -2.48. The molecule has 0 aromatic heterocycles. The van der Waals surface area contributed by atoms with E-state index in [1.807, 2.05) is 32.9 Å². The first-order valence-electron chi connectivity index (χ1n) is 11.9. The van der Waals surface area contributed by atoms with Gasteiger partial charge in [0.05, 0.1) is 24.7 Å². The van der Waals surface area contributed by atoms with Crippen LogP contribution >= 0.6 is 0 Å². The number of piperidine rings is 2. The highest BCUT2D eigenvalue weighted by Gasteiger charge is 2.40. The Balaban J connectivity index is 1.33. The second-order valence-electron chi connectivity index (χ2n) is 10.4. The first-order chi connectivity index (χ1) is 15.6. The van der Waals surface area contributed by atoms with E-state index < -0.39 is 5.60 Å². The second kappa shape index (κ2) is 9.43. The Labute approximate surface area is 195 Å². The summed E-state index contributed by atoms with van der Waals surface area (Å²) < 4.78 is 11.7. The van der Waals surface area contributed by atoms with Gasteiger partial charge < -0.3 is 14.4 Å². The number of carbonyl (C=O) groups excluding carboxylic acids is 3. The number of ether oxygens (including phenoxy) is 2. The van der Waals surface area contributed by atoms with Crippen LogP contribution in [0.4, 0.5) is 5.69 Å². The molecule has 3 aliphatic heterocycles. The highest BCUT2D eigenvalue weighted by atomic mass is 16.6. The van der Waals surface area contributed by atoms with Crippen LogP contribution in [0.1, 0.15) is 57.9 Å². The third-order valence-electron chi connectivity index (χ3n) is 6.69. The van der Waals surface area contributed by atoms with Gasteiger partial charge in [-0.15, -0.1) is 0 Å². The molecule has 0 unspecified atom stereocenters. The van der Waals surface area contributed by atoms with E-state index in [4.69, 9.17) is 9.47 Å². The molecule has 8 heteroatoms. The zero-order valence-corrected chi connectivity index (χ0v) is 19.9. The number of nitrogens with zero attached hydrogens (tertiary/aromatic N) is 2. The van der Waals surface area contributed by atoms with Crippen molar-refractivity contribution in [3.8, 4) is 0 Å². The molecule has 3 heterocycles. The Hall–Kier alpha value is -2.45. The van der Waals surface area contributed by atoms with Crippen molar-refractivity contribution in [2.75, 3.05) is 44.2 Å². The first-order valence-corrected chi connectivity index (χ1v) is 11.9. The smallest absolute Gasteiger partial charge is 0.320 e. The monoisotopic (exact) mass is 457 g/mol. The number of anilines is 1. The summed E-state index contributed by atoms with van der Waals surface area (Å²) in [6.45, 7) is 9.89. The zero-order valence-electron chi connectivity index (χ0n) is 19.9. The minimum atomic E-state index is -0.463. The third kappa shape index (κ3) is 5.92. The maximum Gasteiger partial charge on any atom is 0.320 e. The number of nitrogens with one attached hydrogen (secondary N) is 1. The number of carbonyl (C=O) groups is 3. The molecule has 2 amide bonds. The number of hydrogen-bond donors (Lipinski definition) is 1. The molecule has 33 heavy (non-hydrogen) atoms. The van der Waals surface area contributed by atoms with Crippen LogP contribution in [-0.2, 0) is 23.9 Å². The molecule has 3 aliphatic rings. The maximum absolute atomic E-state index is 12.2. The van der Waals surface area contributed by atoms with E-state index >= 15 is 0 Å². The number of amides is 2. The van der Waals surface area contributed by atoms with Crippen molar-refractivity contribution in [1.29, 1.82) is 0 Å². The third-order valence-corrected chi connectivity index (χ3v) is 6.69. The molecular weight excluding hydrogens is 422 g/mol. The van der Waals surface area contributed by atoms with Gasteiger partial charge in [-0.25, -0.2) is 0 Å². The van der Waals surface area contributed by atoms with Crippen molar-refractivity contribution < 1.29 is 23.9 Å². The zero-order chi connectivity index (χ0) is 23.6. The van der Waals surface area contributed by atoms with E-state index in [1.165, 1.54) is 0 Å². The van der Waals surface area contributed by atoms with Gasteiger partial charge in [-0.3, -0.25) is 24.6 Å². The molecule has 0 radical (unpaired) electrons. The number of imide groups is 1. The van der Waals surface area contributed by atoms with Crippen LogP contribution in [0, 0.1) is 0 Å². The number of benzene rings is 1. The first kappa shape index (κ1) is 23.7. The largest absolute Gasteiger partial charge is 0.459 e. The van der Waals surface area contributed by atoms with Crippen molar-refractivity contribution in [1.82, 2.24) is 10.2 Å². The van der Waals surface area contributed by atoms with Crippen molar-refractivity contribution in [3.05, 3.63) is 29.8 Å². The number of esters is 1. The minimum Gasteiger partial charge on any atom is -0.459 e. The quantitative estimate of drug-likeness (QED) is 0.548. The lowest BCUT2D eigenvalue weighted by molar-refractivity contribution is -0.158. The van der Waals surface area contributed by atoms with Crippen LogP contribution in [0.5, 0.6) is 0 Å².